The average molecular weight is 349 g/mol. The van der Waals surface area contributed by atoms with Crippen LogP contribution in [0.25, 0.3) is 11.1 Å². The van der Waals surface area contributed by atoms with Crippen LogP contribution in [0.2, 0.25) is 0 Å². The fourth-order valence-electron chi connectivity index (χ4n) is 4.51. The Hall–Kier alpha value is -2.62. The first-order chi connectivity index (χ1) is 12.3. The van der Waals surface area contributed by atoms with E-state index < -0.39 is 17.7 Å². The predicted octanol–water partition coefficient (Wildman–Crippen LogP) is 4.58. The molecule has 1 atom stereocenters. The first-order valence-corrected chi connectivity index (χ1v) is 8.97. The minimum atomic E-state index is -0.821. The molecule has 1 saturated heterocycles. The van der Waals surface area contributed by atoms with Crippen molar-refractivity contribution in [2.45, 2.75) is 38.8 Å². The number of carbonyl (C=O) groups excluding carboxylic acids is 2. The van der Waals surface area contributed by atoms with Crippen molar-refractivity contribution >= 4 is 12.4 Å². The lowest BCUT2D eigenvalue weighted by molar-refractivity contribution is -0.115. The molecule has 1 fully saturated rings. The van der Waals surface area contributed by atoms with Crippen molar-refractivity contribution in [2.24, 2.45) is 5.41 Å². The Morgan fingerprint density at radius 3 is 2.12 bits per heavy atom. The van der Waals surface area contributed by atoms with E-state index in [9.17, 15) is 9.59 Å². The van der Waals surface area contributed by atoms with Gasteiger partial charge >= 0.3 is 6.09 Å². The summed E-state index contributed by atoms with van der Waals surface area (Å²) in [6.45, 7) is 6.47. The standard InChI is InChI=1S/C22H23NO3/c1-21(2)12-22(3,14-24)23(13-21)20(25)26-19-17-10-6-4-8-15(17)16-9-5-7-11-18(16)19/h4-11,14,19H,12-13H2,1-3H3. The highest BCUT2D eigenvalue weighted by molar-refractivity contribution is 5.81. The van der Waals surface area contributed by atoms with Crippen LogP contribution in [0.3, 0.4) is 0 Å². The number of likely N-dealkylation sites (tertiary alicyclic amines) is 1. The topological polar surface area (TPSA) is 46.6 Å². The number of nitrogens with zero attached hydrogens (tertiary/aromatic N) is 1. The van der Waals surface area contributed by atoms with E-state index in [-0.39, 0.29) is 5.41 Å². The molecule has 0 aromatic heterocycles. The zero-order chi connectivity index (χ0) is 18.5. The lowest BCUT2D eigenvalue weighted by atomic mass is 9.86. The van der Waals surface area contributed by atoms with Gasteiger partial charge in [0, 0.05) is 17.7 Å². The highest BCUT2D eigenvalue weighted by Crippen LogP contribution is 2.46. The molecule has 4 heteroatoms. The lowest BCUT2D eigenvalue weighted by Crippen LogP contribution is -2.46. The van der Waals surface area contributed by atoms with E-state index >= 15 is 0 Å². The summed E-state index contributed by atoms with van der Waals surface area (Å²) >= 11 is 0. The second-order valence-corrected chi connectivity index (χ2v) is 8.34. The Bertz CT molecular complexity index is 843. The molecule has 2 aromatic carbocycles. The third-order valence-corrected chi connectivity index (χ3v) is 5.51. The van der Waals surface area contributed by atoms with E-state index in [1.165, 1.54) is 0 Å². The highest BCUT2D eigenvalue weighted by Gasteiger charge is 2.49. The van der Waals surface area contributed by atoms with Crippen molar-refractivity contribution in [3.05, 3.63) is 59.7 Å². The maximum absolute atomic E-state index is 13.0. The van der Waals surface area contributed by atoms with Gasteiger partial charge in [0.25, 0.3) is 0 Å². The molecule has 0 bridgehead atoms. The zero-order valence-electron chi connectivity index (χ0n) is 15.4. The van der Waals surface area contributed by atoms with Gasteiger partial charge in [-0.3, -0.25) is 4.90 Å². The van der Waals surface area contributed by atoms with Gasteiger partial charge in [-0.2, -0.15) is 0 Å². The van der Waals surface area contributed by atoms with Gasteiger partial charge < -0.3 is 9.53 Å². The largest absolute Gasteiger partial charge is 0.436 e. The summed E-state index contributed by atoms with van der Waals surface area (Å²) in [4.78, 5) is 26.3. The van der Waals surface area contributed by atoms with Gasteiger partial charge in [-0.05, 0) is 29.9 Å². The van der Waals surface area contributed by atoms with E-state index in [1.54, 1.807) is 4.90 Å². The van der Waals surface area contributed by atoms with E-state index in [0.717, 1.165) is 28.5 Å². The number of aldehydes is 1. The number of hydrogen-bond acceptors (Lipinski definition) is 3. The van der Waals surface area contributed by atoms with E-state index in [0.29, 0.717) is 13.0 Å². The molecular formula is C22H23NO3. The van der Waals surface area contributed by atoms with Gasteiger partial charge in [0.1, 0.15) is 6.29 Å². The Kier molecular flexibility index (Phi) is 3.69. The van der Waals surface area contributed by atoms with Gasteiger partial charge in [-0.25, -0.2) is 4.79 Å². The van der Waals surface area contributed by atoms with Crippen LogP contribution in [0, 0.1) is 5.41 Å². The van der Waals surface area contributed by atoms with Crippen molar-refractivity contribution in [2.75, 3.05) is 6.54 Å². The van der Waals surface area contributed by atoms with Crippen molar-refractivity contribution < 1.29 is 14.3 Å². The van der Waals surface area contributed by atoms with Crippen molar-refractivity contribution in [3.8, 4) is 11.1 Å². The van der Waals surface area contributed by atoms with Gasteiger partial charge in [-0.1, -0.05) is 62.4 Å². The van der Waals surface area contributed by atoms with Crippen LogP contribution in [0.5, 0.6) is 0 Å². The highest BCUT2D eigenvalue weighted by atomic mass is 16.6. The maximum atomic E-state index is 13.0. The molecule has 1 aliphatic carbocycles. The Balaban J connectivity index is 1.67. The number of carbonyl (C=O) groups is 2. The lowest BCUT2D eigenvalue weighted by Gasteiger charge is -2.30. The van der Waals surface area contributed by atoms with Crippen LogP contribution in [0.15, 0.2) is 48.5 Å². The first-order valence-electron chi connectivity index (χ1n) is 8.97. The summed E-state index contributed by atoms with van der Waals surface area (Å²) in [5.41, 5.74) is 3.25. The number of rotatable bonds is 2. The smallest absolute Gasteiger partial charge is 0.411 e. The van der Waals surface area contributed by atoms with E-state index in [1.807, 2.05) is 43.3 Å². The first kappa shape index (κ1) is 16.8. The minimum absolute atomic E-state index is 0.111. The van der Waals surface area contributed by atoms with Crippen LogP contribution in [-0.4, -0.2) is 29.4 Å². The molecule has 26 heavy (non-hydrogen) atoms. The van der Waals surface area contributed by atoms with Crippen LogP contribution in [-0.2, 0) is 9.53 Å². The number of ether oxygens (including phenoxy) is 1. The molecule has 0 saturated carbocycles. The quantitative estimate of drug-likeness (QED) is 0.746. The molecule has 0 N–H and O–H groups in total. The van der Waals surface area contributed by atoms with Crippen molar-refractivity contribution in [1.82, 2.24) is 4.90 Å². The maximum Gasteiger partial charge on any atom is 0.411 e. The SMILES string of the molecule is CC1(C)CN(C(=O)OC2c3ccccc3-c3ccccc32)C(C)(C=O)C1. The molecule has 4 nitrogen and oxygen atoms in total. The Morgan fingerprint density at radius 1 is 1.04 bits per heavy atom. The van der Waals surface area contributed by atoms with E-state index in [4.69, 9.17) is 4.74 Å². The number of amides is 1. The summed E-state index contributed by atoms with van der Waals surface area (Å²) in [6, 6.07) is 16.0. The fourth-order valence-corrected chi connectivity index (χ4v) is 4.51. The van der Waals surface area contributed by atoms with Gasteiger partial charge in [0.05, 0.1) is 5.54 Å². The van der Waals surface area contributed by atoms with E-state index in [2.05, 4.69) is 26.0 Å². The molecule has 2 aliphatic rings. The second kappa shape index (κ2) is 5.70. The molecule has 1 amide bonds. The fraction of sp³-hybridized carbons (Fsp3) is 0.364. The summed E-state index contributed by atoms with van der Waals surface area (Å²) in [5.74, 6) is 0. The zero-order valence-corrected chi connectivity index (χ0v) is 15.4. The molecule has 4 rings (SSSR count). The molecule has 1 aliphatic heterocycles. The minimum Gasteiger partial charge on any atom is -0.436 e. The van der Waals surface area contributed by atoms with Crippen LogP contribution < -0.4 is 0 Å². The predicted molar refractivity (Wildman–Crippen MR) is 99.8 cm³/mol. The monoisotopic (exact) mass is 349 g/mol. The molecule has 134 valence electrons. The third-order valence-electron chi connectivity index (χ3n) is 5.51. The van der Waals surface area contributed by atoms with Gasteiger partial charge in [0.15, 0.2) is 6.10 Å². The Morgan fingerprint density at radius 2 is 1.58 bits per heavy atom. The summed E-state index contributed by atoms with van der Waals surface area (Å²) < 4.78 is 5.97. The summed E-state index contributed by atoms with van der Waals surface area (Å²) in [5, 5.41) is 0. The van der Waals surface area contributed by atoms with Crippen LogP contribution in [0.4, 0.5) is 4.79 Å². The second-order valence-electron chi connectivity index (χ2n) is 8.34. The Labute approximate surface area is 153 Å². The number of benzene rings is 2. The third kappa shape index (κ3) is 2.52. The molecule has 1 unspecified atom stereocenters. The molecular weight excluding hydrogens is 326 g/mol. The number of fused-ring (bicyclic) bond motifs is 3. The molecule has 2 aromatic rings. The van der Waals surface area contributed by atoms with Gasteiger partial charge in [-0.15, -0.1) is 0 Å². The molecule has 1 heterocycles. The normalized spacial score (nSPS) is 23.4. The van der Waals surface area contributed by atoms with Crippen LogP contribution in [0.1, 0.15) is 44.4 Å². The average Bonchev–Trinajstić information content (AvgIpc) is 3.07. The molecule has 0 radical (unpaired) electrons. The summed E-state index contributed by atoms with van der Waals surface area (Å²) in [6.07, 6.45) is 0.645. The van der Waals surface area contributed by atoms with Crippen molar-refractivity contribution in [1.29, 1.82) is 0 Å². The molecule has 0 spiro atoms. The number of hydrogen-bond donors (Lipinski definition) is 0. The van der Waals surface area contributed by atoms with Crippen LogP contribution >= 0.6 is 0 Å². The van der Waals surface area contributed by atoms with Gasteiger partial charge in [0.2, 0.25) is 0 Å². The van der Waals surface area contributed by atoms with Crippen molar-refractivity contribution in [3.63, 3.8) is 0 Å². The summed E-state index contributed by atoms with van der Waals surface area (Å²) in [7, 11) is 0.